The number of nitrogens with one attached hydrogen (secondary N) is 2. The molecule has 0 amide bonds. The molecule has 0 spiro atoms. The molecule has 2 rings (SSSR count). The fourth-order valence-electron chi connectivity index (χ4n) is 1.71. The molecule has 0 aliphatic carbocycles. The molecule has 0 bridgehead atoms. The van der Waals surface area contributed by atoms with Crippen molar-refractivity contribution in [2.75, 3.05) is 13.7 Å². The minimum atomic E-state index is -3.53. The summed E-state index contributed by atoms with van der Waals surface area (Å²) in [5, 5.41) is 6.46. The second-order valence-electron chi connectivity index (χ2n) is 4.23. The molecule has 1 aromatic heterocycles. The van der Waals surface area contributed by atoms with Gasteiger partial charge >= 0.3 is 0 Å². The highest BCUT2D eigenvalue weighted by molar-refractivity contribution is 9.10. The van der Waals surface area contributed by atoms with Crippen molar-refractivity contribution < 1.29 is 13.2 Å². The topological polar surface area (TPSA) is 97.0 Å². The Morgan fingerprint density at radius 1 is 1.43 bits per heavy atom. The lowest BCUT2D eigenvalue weighted by atomic mass is 10.3. The number of ether oxygens (including phenoxy) is 1. The smallest absolute Gasteiger partial charge is 0.240 e. The van der Waals surface area contributed by atoms with Crippen molar-refractivity contribution in [3.63, 3.8) is 0 Å². The van der Waals surface area contributed by atoms with Crippen LogP contribution in [0.1, 0.15) is 12.2 Å². The molecule has 2 aromatic rings. The highest BCUT2D eigenvalue weighted by Gasteiger charge is 2.15. The minimum Gasteiger partial charge on any atom is -0.496 e. The monoisotopic (exact) mass is 374 g/mol. The summed E-state index contributed by atoms with van der Waals surface area (Å²) < 4.78 is 32.5. The Kier molecular flexibility index (Phi) is 5.32. The molecule has 9 heteroatoms. The number of hydrogen-bond acceptors (Lipinski definition) is 5. The maximum Gasteiger partial charge on any atom is 0.240 e. The first-order chi connectivity index (χ1) is 10.0. The van der Waals surface area contributed by atoms with Gasteiger partial charge < -0.3 is 4.74 Å². The van der Waals surface area contributed by atoms with Crippen molar-refractivity contribution in [2.24, 2.45) is 0 Å². The van der Waals surface area contributed by atoms with Crippen LogP contribution in [0.15, 0.2) is 33.9 Å². The number of aromatic amines is 1. The van der Waals surface area contributed by atoms with Crippen LogP contribution in [-0.4, -0.2) is 37.3 Å². The van der Waals surface area contributed by atoms with E-state index in [0.29, 0.717) is 29.6 Å². The second-order valence-corrected chi connectivity index (χ2v) is 6.85. The number of H-pyrrole nitrogens is 1. The molecule has 21 heavy (non-hydrogen) atoms. The average molecular weight is 375 g/mol. The quantitative estimate of drug-likeness (QED) is 0.715. The Hall–Kier alpha value is -1.45. The van der Waals surface area contributed by atoms with Crippen LogP contribution in [0.5, 0.6) is 5.75 Å². The Balaban J connectivity index is 1.93. The molecule has 7 nitrogen and oxygen atoms in total. The highest BCUT2D eigenvalue weighted by atomic mass is 79.9. The first-order valence-corrected chi connectivity index (χ1v) is 8.48. The Bertz CT molecular complexity index is 689. The summed E-state index contributed by atoms with van der Waals surface area (Å²) in [7, 11) is -2.01. The molecule has 1 aromatic carbocycles. The second kappa shape index (κ2) is 7.01. The predicted molar refractivity (Wildman–Crippen MR) is 80.6 cm³/mol. The van der Waals surface area contributed by atoms with Crippen LogP contribution in [-0.2, 0) is 16.4 Å². The van der Waals surface area contributed by atoms with Gasteiger partial charge in [-0.1, -0.05) is 0 Å². The molecule has 2 N–H and O–H groups in total. The van der Waals surface area contributed by atoms with Crippen molar-refractivity contribution >= 4 is 26.0 Å². The molecule has 0 fully saturated rings. The largest absolute Gasteiger partial charge is 0.496 e. The Labute approximate surface area is 131 Å². The predicted octanol–water partition coefficient (Wildman–Crippen LogP) is 1.49. The third-order valence-electron chi connectivity index (χ3n) is 2.78. The molecule has 0 unspecified atom stereocenters. The molecule has 114 valence electrons. The lowest BCUT2D eigenvalue weighted by Gasteiger charge is -2.08. The van der Waals surface area contributed by atoms with Crippen LogP contribution in [0, 0.1) is 0 Å². The number of methoxy groups -OCH3 is 1. The molecular weight excluding hydrogens is 360 g/mol. The molecule has 0 aliphatic rings. The summed E-state index contributed by atoms with van der Waals surface area (Å²) in [6, 6.07) is 4.62. The number of nitrogens with zero attached hydrogens (tertiary/aromatic N) is 2. The number of benzene rings is 1. The molecule has 0 atom stereocenters. The molecule has 0 aliphatic heterocycles. The first kappa shape index (κ1) is 15.9. The lowest BCUT2D eigenvalue weighted by Crippen LogP contribution is -2.25. The number of aryl methyl sites for hydroxylation is 1. The van der Waals surface area contributed by atoms with E-state index in [1.165, 1.54) is 25.6 Å². The zero-order valence-corrected chi connectivity index (χ0v) is 13.7. The maximum atomic E-state index is 12.1. The fraction of sp³-hybridized carbons (Fsp3) is 0.333. The van der Waals surface area contributed by atoms with Gasteiger partial charge in [-0.15, -0.1) is 0 Å². The highest BCUT2D eigenvalue weighted by Crippen LogP contribution is 2.27. The van der Waals surface area contributed by atoms with E-state index in [4.69, 9.17) is 4.74 Å². The van der Waals surface area contributed by atoms with Gasteiger partial charge in [0.15, 0.2) is 0 Å². The summed E-state index contributed by atoms with van der Waals surface area (Å²) in [5.41, 5.74) is 0. The zero-order valence-electron chi connectivity index (χ0n) is 11.3. The Morgan fingerprint density at radius 3 is 2.86 bits per heavy atom. The van der Waals surface area contributed by atoms with E-state index in [1.807, 2.05) is 0 Å². The van der Waals surface area contributed by atoms with E-state index in [2.05, 4.69) is 35.8 Å². The van der Waals surface area contributed by atoms with Gasteiger partial charge in [0.2, 0.25) is 10.0 Å². The number of sulfonamides is 1. The molecular formula is C12H15BrN4O3S. The van der Waals surface area contributed by atoms with Gasteiger partial charge in [-0.3, -0.25) is 5.10 Å². The summed E-state index contributed by atoms with van der Waals surface area (Å²) in [5.74, 6) is 1.32. The van der Waals surface area contributed by atoms with Crippen molar-refractivity contribution in [3.05, 3.63) is 34.8 Å². The van der Waals surface area contributed by atoms with Gasteiger partial charge in [0.25, 0.3) is 0 Å². The minimum absolute atomic E-state index is 0.190. The van der Waals surface area contributed by atoms with E-state index in [9.17, 15) is 8.42 Å². The van der Waals surface area contributed by atoms with E-state index in [0.717, 1.165) is 5.82 Å². The summed E-state index contributed by atoms with van der Waals surface area (Å²) >= 11 is 3.27. The van der Waals surface area contributed by atoms with Gasteiger partial charge in [-0.2, -0.15) is 5.10 Å². The molecule has 1 heterocycles. The van der Waals surface area contributed by atoms with Crippen molar-refractivity contribution in [3.8, 4) is 5.75 Å². The van der Waals surface area contributed by atoms with Crippen LogP contribution < -0.4 is 9.46 Å². The summed E-state index contributed by atoms with van der Waals surface area (Å²) in [6.45, 7) is 0.326. The third kappa shape index (κ3) is 4.26. The summed E-state index contributed by atoms with van der Waals surface area (Å²) in [4.78, 5) is 4.16. The van der Waals surface area contributed by atoms with Crippen molar-refractivity contribution in [2.45, 2.75) is 17.7 Å². The van der Waals surface area contributed by atoms with Crippen LogP contribution in [0.3, 0.4) is 0 Å². The van der Waals surface area contributed by atoms with Crippen molar-refractivity contribution in [1.29, 1.82) is 0 Å². The number of rotatable bonds is 7. The average Bonchev–Trinajstić information content (AvgIpc) is 2.97. The van der Waals surface area contributed by atoms with Crippen LogP contribution in [0.4, 0.5) is 0 Å². The van der Waals surface area contributed by atoms with Crippen molar-refractivity contribution in [1.82, 2.24) is 19.9 Å². The van der Waals surface area contributed by atoms with Gasteiger partial charge in [-0.25, -0.2) is 18.1 Å². The number of halogens is 1. The molecule has 0 saturated heterocycles. The Morgan fingerprint density at radius 2 is 2.24 bits per heavy atom. The number of aromatic nitrogens is 3. The van der Waals surface area contributed by atoms with Gasteiger partial charge in [-0.05, 0) is 40.5 Å². The standard InChI is InChI=1S/C12H15BrN4O3S/c1-20-11-5-4-9(7-10(11)13)21(18,19)16-6-2-3-12-14-8-15-17-12/h4-5,7-8,16H,2-3,6H2,1H3,(H,14,15,17). The lowest BCUT2D eigenvalue weighted by molar-refractivity contribution is 0.411. The van der Waals surface area contributed by atoms with Crippen LogP contribution in [0.25, 0.3) is 0 Å². The molecule has 0 radical (unpaired) electrons. The maximum absolute atomic E-state index is 12.1. The van der Waals surface area contributed by atoms with Gasteiger partial charge in [0.1, 0.15) is 17.9 Å². The first-order valence-electron chi connectivity index (χ1n) is 6.20. The van der Waals surface area contributed by atoms with E-state index in [1.54, 1.807) is 6.07 Å². The van der Waals surface area contributed by atoms with Gasteiger partial charge in [0, 0.05) is 13.0 Å². The molecule has 0 saturated carbocycles. The normalized spacial score (nSPS) is 11.5. The van der Waals surface area contributed by atoms with Crippen LogP contribution >= 0.6 is 15.9 Å². The third-order valence-corrected chi connectivity index (χ3v) is 4.86. The SMILES string of the molecule is COc1ccc(S(=O)(=O)NCCCc2ncn[nH]2)cc1Br. The summed E-state index contributed by atoms with van der Waals surface area (Å²) in [6.07, 6.45) is 2.69. The van der Waals surface area contributed by atoms with E-state index in [-0.39, 0.29) is 4.90 Å². The van der Waals surface area contributed by atoms with Crippen LogP contribution in [0.2, 0.25) is 0 Å². The van der Waals surface area contributed by atoms with Gasteiger partial charge in [0.05, 0.1) is 16.5 Å². The zero-order chi connectivity index (χ0) is 15.3. The van der Waals surface area contributed by atoms with E-state index >= 15 is 0 Å². The number of hydrogen-bond donors (Lipinski definition) is 2. The fourth-order valence-corrected chi connectivity index (χ4v) is 3.50. The van der Waals surface area contributed by atoms with E-state index < -0.39 is 10.0 Å².